The van der Waals surface area contributed by atoms with Crippen LogP contribution in [0.1, 0.15) is 30.0 Å². The molecule has 3 heterocycles. The van der Waals surface area contributed by atoms with E-state index in [1.807, 2.05) is 23.1 Å². The summed E-state index contributed by atoms with van der Waals surface area (Å²) >= 11 is 6.15. The maximum absolute atomic E-state index is 14.5. The summed E-state index contributed by atoms with van der Waals surface area (Å²) in [6, 6.07) is 14.5. The third kappa shape index (κ3) is 5.35. The first-order valence-electron chi connectivity index (χ1n) is 13.0. The highest BCUT2D eigenvalue weighted by Crippen LogP contribution is 2.41. The van der Waals surface area contributed by atoms with Crippen LogP contribution in [0.3, 0.4) is 0 Å². The van der Waals surface area contributed by atoms with E-state index in [0.29, 0.717) is 43.3 Å². The zero-order valence-electron chi connectivity index (χ0n) is 21.9. The minimum atomic E-state index is -1.22. The van der Waals surface area contributed by atoms with E-state index in [2.05, 4.69) is 15.3 Å². The van der Waals surface area contributed by atoms with Gasteiger partial charge in [0.2, 0.25) is 0 Å². The van der Waals surface area contributed by atoms with Gasteiger partial charge in [0.15, 0.2) is 11.5 Å². The van der Waals surface area contributed by atoms with Crippen molar-refractivity contribution in [3.05, 3.63) is 83.0 Å². The zero-order valence-corrected chi connectivity index (χ0v) is 22.6. The Hall–Kier alpha value is -4.07. The Morgan fingerprint density at radius 3 is 2.45 bits per heavy atom. The van der Waals surface area contributed by atoms with Gasteiger partial charge in [-0.2, -0.15) is 5.26 Å². The number of Topliss-reactive ketones (excluding diaryl/α,β-unsaturated/α-hetero) is 1. The van der Waals surface area contributed by atoms with Crippen LogP contribution in [-0.2, 0) is 4.79 Å². The first-order valence-corrected chi connectivity index (χ1v) is 13.4. The number of carbonyl (C=O) groups excluding carboxylic acids is 2. The van der Waals surface area contributed by atoms with Crippen molar-refractivity contribution in [2.45, 2.75) is 24.3 Å². The highest BCUT2D eigenvalue weighted by molar-refractivity contribution is 6.30. The number of hydrogen-bond acceptors (Lipinski definition) is 8. The maximum Gasteiger partial charge on any atom is 0.415 e. The first kappa shape index (κ1) is 27.5. The van der Waals surface area contributed by atoms with Gasteiger partial charge in [-0.15, -0.1) is 0 Å². The molecule has 0 aliphatic carbocycles. The summed E-state index contributed by atoms with van der Waals surface area (Å²) in [7, 11) is 1.58. The Bertz CT molecular complexity index is 1410. The van der Waals surface area contributed by atoms with Gasteiger partial charge in [0.05, 0.1) is 12.4 Å². The van der Waals surface area contributed by atoms with Crippen LogP contribution in [0.5, 0.6) is 5.75 Å². The van der Waals surface area contributed by atoms with E-state index in [0.717, 1.165) is 5.56 Å². The summed E-state index contributed by atoms with van der Waals surface area (Å²) in [5.41, 5.74) is -0.0887. The van der Waals surface area contributed by atoms with Crippen LogP contribution < -0.4 is 15.0 Å². The number of amides is 1. The molecule has 1 aromatic heterocycles. The average Bonchev–Trinajstić information content (AvgIpc) is 3.44. The van der Waals surface area contributed by atoms with Gasteiger partial charge in [0, 0.05) is 50.1 Å². The predicted molar refractivity (Wildman–Crippen MR) is 147 cm³/mol. The molecule has 0 spiro atoms. The topological polar surface area (TPSA) is 111 Å². The summed E-state index contributed by atoms with van der Waals surface area (Å²) < 4.78 is 19.0. The van der Waals surface area contributed by atoms with E-state index in [1.54, 1.807) is 25.4 Å². The summed E-state index contributed by atoms with van der Waals surface area (Å²) in [5.74, 6) is -0.292. The molecule has 1 amide bonds. The Labute approximate surface area is 236 Å². The fraction of sp³-hybridized carbons (Fsp3) is 0.345. The lowest BCUT2D eigenvalue weighted by atomic mass is 9.72. The number of benzene rings is 2. The minimum absolute atomic E-state index is 0.0402. The van der Waals surface area contributed by atoms with E-state index in [-0.39, 0.29) is 35.6 Å². The fourth-order valence-corrected chi connectivity index (χ4v) is 5.79. The van der Waals surface area contributed by atoms with Gasteiger partial charge in [0.25, 0.3) is 0 Å². The SMILES string of the molecule is CN(C(=O)Oc1ccc(F)cc1)[C@]1(C(=O)C2CCN(c3cnc(C#N)cn3)CC2)CNC[C@H]1c1ccc(Cl)cc1. The molecule has 40 heavy (non-hydrogen) atoms. The smallest absolute Gasteiger partial charge is 0.410 e. The molecule has 206 valence electrons. The van der Waals surface area contributed by atoms with Gasteiger partial charge in [-0.25, -0.2) is 19.2 Å². The third-order valence-electron chi connectivity index (χ3n) is 7.85. The van der Waals surface area contributed by atoms with Crippen LogP contribution in [0.4, 0.5) is 15.0 Å². The van der Waals surface area contributed by atoms with Gasteiger partial charge in [-0.05, 0) is 54.8 Å². The number of piperidine rings is 1. The van der Waals surface area contributed by atoms with Crippen LogP contribution in [0.15, 0.2) is 60.9 Å². The van der Waals surface area contributed by atoms with Crippen molar-refractivity contribution in [3.63, 3.8) is 0 Å². The molecule has 11 heteroatoms. The van der Waals surface area contributed by atoms with E-state index < -0.39 is 17.4 Å². The lowest BCUT2D eigenvalue weighted by molar-refractivity contribution is -0.134. The number of halogens is 2. The van der Waals surface area contributed by atoms with Crippen molar-refractivity contribution in [3.8, 4) is 11.8 Å². The van der Waals surface area contributed by atoms with Crippen molar-refractivity contribution in [2.75, 3.05) is 38.1 Å². The Balaban J connectivity index is 1.41. The van der Waals surface area contributed by atoms with E-state index >= 15 is 0 Å². The molecule has 2 atom stereocenters. The number of likely N-dealkylation sites (N-methyl/N-ethyl adjacent to an activating group) is 1. The van der Waals surface area contributed by atoms with Crippen LogP contribution in [0, 0.1) is 23.1 Å². The van der Waals surface area contributed by atoms with E-state index in [4.69, 9.17) is 21.6 Å². The molecular formula is C29H28ClFN6O3. The fourth-order valence-electron chi connectivity index (χ4n) is 5.67. The van der Waals surface area contributed by atoms with Gasteiger partial charge in [-0.3, -0.25) is 9.69 Å². The van der Waals surface area contributed by atoms with Crippen molar-refractivity contribution < 1.29 is 18.7 Å². The molecule has 2 saturated heterocycles. The molecule has 2 aliphatic heterocycles. The standard InChI is InChI=1S/C29H28ClFN6O3/c1-36(28(39)40-24-8-6-22(31)7-9-24)29(18-33-16-25(29)19-2-4-21(30)5-3-19)27(38)20-10-12-37(13-11-20)26-17-34-23(14-32)15-35-26/h2-9,15,17,20,25,33H,10-13,16,18H2,1H3/t25-,29+/m0/s1. The number of hydrogen-bond donors (Lipinski definition) is 1. The Morgan fingerprint density at radius 1 is 1.12 bits per heavy atom. The van der Waals surface area contributed by atoms with Gasteiger partial charge < -0.3 is 15.0 Å². The van der Waals surface area contributed by atoms with E-state index in [9.17, 15) is 14.0 Å². The van der Waals surface area contributed by atoms with Crippen LogP contribution in [-0.4, -0.2) is 65.5 Å². The van der Waals surface area contributed by atoms with Crippen molar-refractivity contribution >= 4 is 29.3 Å². The normalized spacial score (nSPS) is 21.1. The highest BCUT2D eigenvalue weighted by Gasteiger charge is 2.56. The molecule has 2 aromatic carbocycles. The molecule has 5 rings (SSSR count). The third-order valence-corrected chi connectivity index (χ3v) is 8.10. The summed E-state index contributed by atoms with van der Waals surface area (Å²) in [6.07, 6.45) is 3.43. The number of rotatable bonds is 6. The van der Waals surface area contributed by atoms with E-state index in [1.165, 1.54) is 35.4 Å². The molecule has 0 unspecified atom stereocenters. The largest absolute Gasteiger partial charge is 0.415 e. The lowest BCUT2D eigenvalue weighted by Crippen LogP contribution is -2.62. The van der Waals surface area contributed by atoms with Crippen LogP contribution in [0.25, 0.3) is 0 Å². The summed E-state index contributed by atoms with van der Waals surface area (Å²) in [5, 5.41) is 12.9. The number of ketones is 1. The second kappa shape index (κ2) is 11.6. The van der Waals surface area contributed by atoms with Crippen molar-refractivity contribution in [2.24, 2.45) is 5.92 Å². The number of nitrogens with zero attached hydrogens (tertiary/aromatic N) is 5. The number of nitriles is 1. The first-order chi connectivity index (χ1) is 19.3. The molecule has 0 bridgehead atoms. The molecular weight excluding hydrogens is 535 g/mol. The molecule has 2 fully saturated rings. The van der Waals surface area contributed by atoms with Gasteiger partial charge in [0.1, 0.15) is 29.0 Å². The number of ether oxygens (including phenoxy) is 1. The zero-order chi connectivity index (χ0) is 28.3. The quantitative estimate of drug-likeness (QED) is 0.476. The molecule has 2 aliphatic rings. The maximum atomic E-state index is 14.5. The predicted octanol–water partition coefficient (Wildman–Crippen LogP) is 4.18. The van der Waals surface area contributed by atoms with Crippen LogP contribution in [0.2, 0.25) is 5.02 Å². The number of carbonyl (C=O) groups is 2. The van der Waals surface area contributed by atoms with Crippen molar-refractivity contribution in [1.82, 2.24) is 20.2 Å². The highest BCUT2D eigenvalue weighted by atomic mass is 35.5. The number of aromatic nitrogens is 2. The second-order valence-corrected chi connectivity index (χ2v) is 10.5. The van der Waals surface area contributed by atoms with Crippen molar-refractivity contribution in [1.29, 1.82) is 5.26 Å². The minimum Gasteiger partial charge on any atom is -0.410 e. The second-order valence-electron chi connectivity index (χ2n) is 10.0. The number of anilines is 1. The molecule has 0 radical (unpaired) electrons. The van der Waals surface area contributed by atoms with Crippen LogP contribution >= 0.6 is 11.6 Å². The average molecular weight is 563 g/mol. The summed E-state index contributed by atoms with van der Waals surface area (Å²) in [6.45, 7) is 1.91. The molecule has 0 saturated carbocycles. The monoisotopic (exact) mass is 562 g/mol. The van der Waals surface area contributed by atoms with Gasteiger partial charge in [-0.1, -0.05) is 23.7 Å². The molecule has 1 N–H and O–H groups in total. The van der Waals surface area contributed by atoms with Gasteiger partial charge >= 0.3 is 6.09 Å². The molecule has 3 aromatic rings. The Morgan fingerprint density at radius 2 is 1.82 bits per heavy atom. The molecule has 9 nitrogen and oxygen atoms in total. The lowest BCUT2D eigenvalue weighted by Gasteiger charge is -2.44. The Kier molecular flexibility index (Phi) is 7.96. The summed E-state index contributed by atoms with van der Waals surface area (Å²) in [4.78, 5) is 39.8. The number of nitrogens with one attached hydrogen (secondary N) is 1.